The van der Waals surface area contributed by atoms with Gasteiger partial charge in [0.1, 0.15) is 5.75 Å². The number of aliphatic hydroxyl groups excluding tert-OH is 1. The standard InChI is InChI=1S/C19H24O2/c1-4-15-5-7-16(8-6-15)13-19(20)17-9-11-18(12-10-17)21-14(2)3/h5-12,14,19-20H,4,13H2,1-3H3. The Morgan fingerprint density at radius 1 is 0.905 bits per heavy atom. The lowest BCUT2D eigenvalue weighted by Gasteiger charge is -2.14. The molecule has 2 heteroatoms. The molecule has 2 rings (SSSR count). The van der Waals surface area contributed by atoms with Gasteiger partial charge in [-0.3, -0.25) is 0 Å². The van der Waals surface area contributed by atoms with Crippen molar-refractivity contribution in [3.05, 3.63) is 65.2 Å². The summed E-state index contributed by atoms with van der Waals surface area (Å²) in [7, 11) is 0. The molecule has 0 amide bonds. The van der Waals surface area contributed by atoms with Crippen LogP contribution < -0.4 is 4.74 Å². The van der Waals surface area contributed by atoms with Crippen LogP contribution in [0.15, 0.2) is 48.5 Å². The van der Waals surface area contributed by atoms with Gasteiger partial charge in [0.15, 0.2) is 0 Å². The number of ether oxygens (including phenoxy) is 1. The highest BCUT2D eigenvalue weighted by atomic mass is 16.5. The predicted molar refractivity (Wildman–Crippen MR) is 86.7 cm³/mol. The van der Waals surface area contributed by atoms with Crippen molar-refractivity contribution in [2.75, 3.05) is 0 Å². The highest BCUT2D eigenvalue weighted by molar-refractivity contribution is 5.30. The van der Waals surface area contributed by atoms with Crippen LogP contribution in [0.3, 0.4) is 0 Å². The van der Waals surface area contributed by atoms with E-state index < -0.39 is 6.10 Å². The molecule has 112 valence electrons. The Labute approximate surface area is 127 Å². The maximum atomic E-state index is 10.3. The normalized spacial score (nSPS) is 12.4. The Bertz CT molecular complexity index is 541. The van der Waals surface area contributed by atoms with Gasteiger partial charge in [-0.1, -0.05) is 43.3 Å². The maximum absolute atomic E-state index is 10.3. The van der Waals surface area contributed by atoms with Gasteiger partial charge in [0.2, 0.25) is 0 Å². The van der Waals surface area contributed by atoms with E-state index >= 15 is 0 Å². The van der Waals surface area contributed by atoms with E-state index in [0.717, 1.165) is 23.3 Å². The second-order valence-electron chi connectivity index (χ2n) is 5.63. The molecule has 1 unspecified atom stereocenters. The number of hydrogen-bond donors (Lipinski definition) is 1. The zero-order chi connectivity index (χ0) is 15.2. The first-order valence-electron chi connectivity index (χ1n) is 7.61. The molecular formula is C19H24O2. The Hall–Kier alpha value is -1.80. The quantitative estimate of drug-likeness (QED) is 0.856. The number of hydrogen-bond acceptors (Lipinski definition) is 2. The average molecular weight is 284 g/mol. The molecule has 2 nitrogen and oxygen atoms in total. The summed E-state index contributed by atoms with van der Waals surface area (Å²) in [5.41, 5.74) is 3.40. The minimum absolute atomic E-state index is 0.165. The highest BCUT2D eigenvalue weighted by Gasteiger charge is 2.09. The zero-order valence-corrected chi connectivity index (χ0v) is 13.0. The molecule has 0 aliphatic rings. The van der Waals surface area contributed by atoms with Crippen molar-refractivity contribution in [2.45, 2.75) is 45.8 Å². The summed E-state index contributed by atoms with van der Waals surface area (Å²) in [4.78, 5) is 0. The summed E-state index contributed by atoms with van der Waals surface area (Å²) in [6.07, 6.45) is 1.36. The maximum Gasteiger partial charge on any atom is 0.119 e. The molecule has 0 bridgehead atoms. The first kappa shape index (κ1) is 15.6. The number of benzene rings is 2. The molecule has 1 N–H and O–H groups in total. The number of aryl methyl sites for hydroxylation is 1. The summed E-state index contributed by atoms with van der Waals surface area (Å²) in [5, 5.41) is 10.3. The molecule has 0 spiro atoms. The van der Waals surface area contributed by atoms with E-state index in [1.807, 2.05) is 38.1 Å². The van der Waals surface area contributed by atoms with E-state index in [1.54, 1.807) is 0 Å². The summed E-state index contributed by atoms with van der Waals surface area (Å²) in [6.45, 7) is 6.15. The topological polar surface area (TPSA) is 29.5 Å². The lowest BCUT2D eigenvalue weighted by atomic mass is 10.00. The second-order valence-corrected chi connectivity index (χ2v) is 5.63. The summed E-state index contributed by atoms with van der Waals surface area (Å²) in [6, 6.07) is 16.1. The monoisotopic (exact) mass is 284 g/mol. The van der Waals surface area contributed by atoms with Crippen LogP contribution in [-0.4, -0.2) is 11.2 Å². The van der Waals surface area contributed by atoms with Crippen molar-refractivity contribution in [1.82, 2.24) is 0 Å². The van der Waals surface area contributed by atoms with E-state index in [1.165, 1.54) is 5.56 Å². The highest BCUT2D eigenvalue weighted by Crippen LogP contribution is 2.22. The van der Waals surface area contributed by atoms with Gasteiger partial charge in [0.25, 0.3) is 0 Å². The molecule has 0 aromatic heterocycles. The largest absolute Gasteiger partial charge is 0.491 e. The first-order valence-corrected chi connectivity index (χ1v) is 7.61. The smallest absolute Gasteiger partial charge is 0.119 e. The van der Waals surface area contributed by atoms with Crippen molar-refractivity contribution >= 4 is 0 Å². The second kappa shape index (κ2) is 7.28. The molecule has 0 fully saturated rings. The molecule has 0 heterocycles. The van der Waals surface area contributed by atoms with Crippen LogP contribution in [-0.2, 0) is 12.8 Å². The fourth-order valence-corrected chi connectivity index (χ4v) is 2.29. The molecule has 2 aromatic carbocycles. The van der Waals surface area contributed by atoms with E-state index in [9.17, 15) is 5.11 Å². The van der Waals surface area contributed by atoms with Gasteiger partial charge in [0, 0.05) is 6.42 Å². The Kier molecular flexibility index (Phi) is 5.40. The van der Waals surface area contributed by atoms with Crippen molar-refractivity contribution in [3.63, 3.8) is 0 Å². The van der Waals surface area contributed by atoms with Crippen molar-refractivity contribution in [3.8, 4) is 5.75 Å². The van der Waals surface area contributed by atoms with E-state index in [2.05, 4.69) is 31.2 Å². The van der Waals surface area contributed by atoms with Gasteiger partial charge in [-0.05, 0) is 49.1 Å². The van der Waals surface area contributed by atoms with E-state index in [0.29, 0.717) is 6.42 Å². The van der Waals surface area contributed by atoms with Crippen LogP contribution in [0.2, 0.25) is 0 Å². The molecule has 0 saturated heterocycles. The van der Waals surface area contributed by atoms with Gasteiger partial charge in [-0.15, -0.1) is 0 Å². The van der Waals surface area contributed by atoms with Gasteiger partial charge in [-0.2, -0.15) is 0 Å². The molecule has 1 atom stereocenters. The molecule has 0 aliphatic carbocycles. The predicted octanol–water partition coefficient (Wildman–Crippen LogP) is 4.31. The molecule has 0 aliphatic heterocycles. The molecule has 21 heavy (non-hydrogen) atoms. The third-order valence-corrected chi connectivity index (χ3v) is 3.50. The van der Waals surface area contributed by atoms with E-state index in [4.69, 9.17) is 4.74 Å². The fraction of sp³-hybridized carbons (Fsp3) is 0.368. The van der Waals surface area contributed by atoms with Crippen LogP contribution in [0, 0.1) is 0 Å². The van der Waals surface area contributed by atoms with Gasteiger partial charge < -0.3 is 9.84 Å². The Balaban J connectivity index is 2.00. The third-order valence-electron chi connectivity index (χ3n) is 3.50. The van der Waals surface area contributed by atoms with Crippen LogP contribution in [0.25, 0.3) is 0 Å². The first-order chi connectivity index (χ1) is 10.1. The van der Waals surface area contributed by atoms with Crippen LogP contribution >= 0.6 is 0 Å². The van der Waals surface area contributed by atoms with Crippen LogP contribution in [0.4, 0.5) is 0 Å². The van der Waals surface area contributed by atoms with Crippen molar-refractivity contribution < 1.29 is 9.84 Å². The van der Waals surface area contributed by atoms with Crippen LogP contribution in [0.1, 0.15) is 43.6 Å². The third kappa shape index (κ3) is 4.61. The van der Waals surface area contributed by atoms with Gasteiger partial charge >= 0.3 is 0 Å². The minimum atomic E-state index is -0.481. The summed E-state index contributed by atoms with van der Waals surface area (Å²) < 4.78 is 5.61. The summed E-state index contributed by atoms with van der Waals surface area (Å²) in [5.74, 6) is 0.841. The van der Waals surface area contributed by atoms with Gasteiger partial charge in [0.05, 0.1) is 12.2 Å². The number of aliphatic hydroxyl groups is 1. The molecule has 0 radical (unpaired) electrons. The number of rotatable bonds is 6. The summed E-state index contributed by atoms with van der Waals surface area (Å²) >= 11 is 0. The Morgan fingerprint density at radius 2 is 1.48 bits per heavy atom. The lowest BCUT2D eigenvalue weighted by molar-refractivity contribution is 0.178. The molecular weight excluding hydrogens is 260 g/mol. The SMILES string of the molecule is CCc1ccc(CC(O)c2ccc(OC(C)C)cc2)cc1. The van der Waals surface area contributed by atoms with Crippen molar-refractivity contribution in [1.29, 1.82) is 0 Å². The average Bonchev–Trinajstić information content (AvgIpc) is 2.48. The Morgan fingerprint density at radius 3 is 2.00 bits per heavy atom. The zero-order valence-electron chi connectivity index (χ0n) is 13.0. The minimum Gasteiger partial charge on any atom is -0.491 e. The van der Waals surface area contributed by atoms with Crippen molar-refractivity contribution in [2.24, 2.45) is 0 Å². The van der Waals surface area contributed by atoms with Gasteiger partial charge in [-0.25, -0.2) is 0 Å². The molecule has 0 saturated carbocycles. The lowest BCUT2D eigenvalue weighted by Crippen LogP contribution is -2.06. The van der Waals surface area contributed by atoms with Crippen LogP contribution in [0.5, 0.6) is 5.75 Å². The molecule has 2 aromatic rings. The fourth-order valence-electron chi connectivity index (χ4n) is 2.29. The van der Waals surface area contributed by atoms with E-state index in [-0.39, 0.29) is 6.10 Å².